The molecule has 2 saturated heterocycles. The van der Waals surface area contributed by atoms with Crippen LogP contribution in [-0.4, -0.2) is 111 Å². The number of rotatable bonds is 8. The Kier molecular flexibility index (Phi) is 16.7. The van der Waals surface area contributed by atoms with Crippen LogP contribution in [0.15, 0.2) is 18.2 Å². The summed E-state index contributed by atoms with van der Waals surface area (Å²) in [5.41, 5.74) is 4.43. The van der Waals surface area contributed by atoms with E-state index in [1.54, 1.807) is 0 Å². The monoisotopic (exact) mass is 585 g/mol. The number of aliphatic carboxylic acids is 1. The molecule has 1 aromatic carbocycles. The van der Waals surface area contributed by atoms with Crippen molar-refractivity contribution in [2.75, 3.05) is 6.61 Å². The summed E-state index contributed by atoms with van der Waals surface area (Å²) >= 11 is 0. The van der Waals surface area contributed by atoms with Gasteiger partial charge in [0.05, 0.1) is 30.6 Å². The fourth-order valence-electron chi connectivity index (χ4n) is 3.69. The molecule has 2 fully saturated rings. The van der Waals surface area contributed by atoms with E-state index in [-0.39, 0.29) is 88.7 Å². The van der Waals surface area contributed by atoms with Crippen LogP contribution in [0.1, 0.15) is 20.7 Å². The van der Waals surface area contributed by atoms with E-state index in [1.807, 2.05) is 0 Å². The molecule has 7 N–H and O–H groups in total. The summed E-state index contributed by atoms with van der Waals surface area (Å²) in [7, 11) is 0. The minimum Gasteiger partial charge on any atom is -0.547 e. The van der Waals surface area contributed by atoms with Gasteiger partial charge in [-0.1, -0.05) is 0 Å². The van der Waals surface area contributed by atoms with Crippen molar-refractivity contribution in [3.05, 3.63) is 29.3 Å². The second-order valence-electron chi connectivity index (χ2n) is 8.05. The molecule has 1 aromatic rings. The molecule has 0 aromatic heterocycles. The number of carboxylic acid groups (broad SMARTS) is 3. The van der Waals surface area contributed by atoms with Crippen LogP contribution < -0.4 is 114 Å². The van der Waals surface area contributed by atoms with Gasteiger partial charge in [-0.2, -0.15) is 0 Å². The molecule has 2 heterocycles. The number of hydrogen-bond donors (Lipinski definition) is 6. The third kappa shape index (κ3) is 9.03. The largest absolute Gasteiger partial charge is 1.00 e. The molecule has 39 heavy (non-hydrogen) atoms. The van der Waals surface area contributed by atoms with E-state index in [2.05, 4.69) is 0 Å². The number of aliphatic hydroxyl groups excluding tert-OH is 5. The Bertz CT molecular complexity index is 969. The van der Waals surface area contributed by atoms with Gasteiger partial charge in [0.2, 0.25) is 6.29 Å². The van der Waals surface area contributed by atoms with Crippen molar-refractivity contribution >= 4 is 17.9 Å². The number of nitrogens with two attached hydrogens (primary N) is 1. The quantitative estimate of drug-likeness (QED) is 0.154. The molecule has 0 aliphatic carbocycles. The first kappa shape index (κ1) is 39.1. The van der Waals surface area contributed by atoms with Gasteiger partial charge in [-0.15, -0.1) is 0 Å². The van der Waals surface area contributed by atoms with Crippen LogP contribution in [0, 0.1) is 0 Å². The van der Waals surface area contributed by atoms with Gasteiger partial charge >= 0.3 is 88.7 Å². The van der Waals surface area contributed by atoms with E-state index in [1.165, 1.54) is 0 Å². The third-order valence-corrected chi connectivity index (χ3v) is 5.63. The number of carbonyl (C=O) groups is 3. The maximum absolute atomic E-state index is 11.7. The summed E-state index contributed by atoms with van der Waals surface area (Å²) in [5.74, 6) is -6.07. The van der Waals surface area contributed by atoms with Gasteiger partial charge in [-0.05, 0) is 18.2 Å². The van der Waals surface area contributed by atoms with E-state index in [9.17, 15) is 55.2 Å². The molecule has 0 bridgehead atoms. The first-order valence-electron chi connectivity index (χ1n) is 10.4. The normalized spacial score (nSPS) is 33.9. The third-order valence-electron chi connectivity index (χ3n) is 5.63. The minimum atomic E-state index is -2.18. The summed E-state index contributed by atoms with van der Waals surface area (Å²) in [6.07, 6.45) is -16.7. The number of benzene rings is 1. The Hall–Kier alpha value is 0.0700. The van der Waals surface area contributed by atoms with Gasteiger partial charge in [0.15, 0.2) is 6.29 Å². The van der Waals surface area contributed by atoms with Crippen molar-refractivity contribution in [3.63, 3.8) is 0 Å². The number of aromatic carboxylic acids is 2. The fourth-order valence-corrected chi connectivity index (χ4v) is 3.69. The molecule has 0 spiro atoms. The fraction of sp³-hybridized carbons (Fsp3) is 0.550. The summed E-state index contributed by atoms with van der Waals surface area (Å²) in [6, 6.07) is 0.796. The van der Waals surface area contributed by atoms with Crippen LogP contribution in [0.5, 0.6) is 5.75 Å². The summed E-state index contributed by atoms with van der Waals surface area (Å²) in [6.45, 7) is -0.782. The molecular weight excluding hydrogens is 563 g/mol. The molecule has 16 nitrogen and oxygen atoms in total. The van der Waals surface area contributed by atoms with Crippen molar-refractivity contribution in [1.82, 2.24) is 0 Å². The number of carboxylic acids is 3. The Morgan fingerprint density at radius 1 is 0.821 bits per heavy atom. The SMILES string of the molecule is N[C@H]1[C@@H](O[C@H]2[C@H](O)[C@@H](O)[C@H](Oc3cc(C(=O)[O-])cc(C(=O)[O-])c3)O[C@@H]2C(=O)[O-])O[C@H](CO)[C@@H](O)[C@@H]1O.[Na+].[Na+].[Na+]. The average molecular weight is 585 g/mol. The zero-order chi connectivity index (χ0) is 26.9. The maximum atomic E-state index is 11.7. The van der Waals surface area contributed by atoms with Gasteiger partial charge in [0, 0.05) is 11.1 Å². The predicted molar refractivity (Wildman–Crippen MR) is 102 cm³/mol. The van der Waals surface area contributed by atoms with Gasteiger partial charge < -0.3 is 79.9 Å². The first-order chi connectivity index (χ1) is 16.8. The van der Waals surface area contributed by atoms with Crippen molar-refractivity contribution in [3.8, 4) is 5.75 Å². The Morgan fingerprint density at radius 3 is 1.82 bits per heavy atom. The smallest absolute Gasteiger partial charge is 0.547 e. The van der Waals surface area contributed by atoms with Crippen LogP contribution in [0.4, 0.5) is 0 Å². The molecular formula is C20H22NNa3O15. The molecule has 0 amide bonds. The molecule has 19 heteroatoms. The summed E-state index contributed by atoms with van der Waals surface area (Å²) in [5, 5.41) is 84.2. The van der Waals surface area contributed by atoms with Crippen molar-refractivity contribution in [2.24, 2.45) is 5.73 Å². The summed E-state index contributed by atoms with van der Waals surface area (Å²) in [4.78, 5) is 34.0. The molecule has 0 unspecified atom stereocenters. The van der Waals surface area contributed by atoms with E-state index in [0.717, 1.165) is 12.1 Å². The topological polar surface area (TPSA) is 284 Å². The van der Waals surface area contributed by atoms with E-state index in [4.69, 9.17) is 24.7 Å². The molecule has 200 valence electrons. The van der Waals surface area contributed by atoms with Crippen molar-refractivity contribution in [2.45, 2.75) is 61.3 Å². The number of hydrogen-bond acceptors (Lipinski definition) is 16. The maximum Gasteiger partial charge on any atom is 1.00 e. The van der Waals surface area contributed by atoms with Crippen LogP contribution in [0.25, 0.3) is 0 Å². The molecule has 2 aliphatic heterocycles. The average Bonchev–Trinajstić information content (AvgIpc) is 2.83. The van der Waals surface area contributed by atoms with Gasteiger partial charge in [0.1, 0.15) is 48.5 Å². The Labute approximate surface area is 286 Å². The second-order valence-corrected chi connectivity index (χ2v) is 8.05. The zero-order valence-corrected chi connectivity index (χ0v) is 27.1. The van der Waals surface area contributed by atoms with Crippen LogP contribution >= 0.6 is 0 Å². The Balaban J connectivity index is 0.00000481. The van der Waals surface area contributed by atoms with E-state index in [0.29, 0.717) is 6.07 Å². The second kappa shape index (κ2) is 16.6. The van der Waals surface area contributed by atoms with Crippen LogP contribution in [0.3, 0.4) is 0 Å². The van der Waals surface area contributed by atoms with Crippen molar-refractivity contribution in [1.29, 1.82) is 0 Å². The summed E-state index contributed by atoms with van der Waals surface area (Å²) < 4.78 is 20.9. The number of ether oxygens (including phenoxy) is 4. The molecule has 2 aliphatic rings. The van der Waals surface area contributed by atoms with Crippen molar-refractivity contribution < 1.29 is 163 Å². The first-order valence-corrected chi connectivity index (χ1v) is 10.4. The number of carbonyl (C=O) groups excluding carboxylic acids is 3. The van der Waals surface area contributed by atoms with Gasteiger partial charge in [-0.3, -0.25) is 0 Å². The molecule has 10 atom stereocenters. The van der Waals surface area contributed by atoms with Gasteiger partial charge in [0.25, 0.3) is 0 Å². The van der Waals surface area contributed by atoms with Crippen LogP contribution in [-0.2, 0) is 19.0 Å². The zero-order valence-electron chi connectivity index (χ0n) is 21.1. The van der Waals surface area contributed by atoms with Crippen LogP contribution in [0.2, 0.25) is 0 Å². The van der Waals surface area contributed by atoms with E-state index < -0.39 is 103 Å². The predicted octanol–water partition coefficient (Wildman–Crippen LogP) is -16.8. The molecule has 0 saturated carbocycles. The molecule has 0 radical (unpaired) electrons. The van der Waals surface area contributed by atoms with E-state index >= 15 is 0 Å². The number of aliphatic hydroxyl groups is 5. The Morgan fingerprint density at radius 2 is 1.36 bits per heavy atom. The molecule has 3 rings (SSSR count). The standard InChI is InChI=1S/C20H25NO15.3Na/c21-9-11(24)10(23)8(4-22)34-19(9)35-14-12(25)13(26)20(36-15(14)18(31)32)33-7-2-5(16(27)28)1-6(3-7)17(29)30;;;/h1-3,8-15,19-20,22-26H,4,21H2,(H,27,28)(H,29,30)(H,31,32);;;/q;3*+1/p-3/t8-,9-,10-,11-,12-,13-,14+,15+,19-,20-;;;/m1.../s1. The van der Waals surface area contributed by atoms with Gasteiger partial charge in [-0.25, -0.2) is 0 Å². The minimum absolute atomic E-state index is 0.